The standard InChI is InChI=1S/C33H31ClN4O2S2/c1-24-10-9-15-28(20-24)23-41-33-36-35-32(38(33)31-22-29(34)17-16-25(31)2)30(21-27-13-7-4-8-14-27)37-42(39,40)19-18-26-11-5-3-6-12-26/h3-20,22,30,37H,21,23H2,1-2H3. The molecule has 0 saturated heterocycles. The van der Waals surface area contributed by atoms with Gasteiger partial charge in [0, 0.05) is 16.2 Å². The first-order chi connectivity index (χ1) is 20.3. The Morgan fingerprint density at radius 2 is 1.60 bits per heavy atom. The summed E-state index contributed by atoms with van der Waals surface area (Å²) >= 11 is 8.01. The second kappa shape index (κ2) is 13.5. The summed E-state index contributed by atoms with van der Waals surface area (Å²) < 4.78 is 31.6. The number of halogens is 1. The molecule has 1 N–H and O–H groups in total. The van der Waals surface area contributed by atoms with Gasteiger partial charge in [0.15, 0.2) is 11.0 Å². The van der Waals surface area contributed by atoms with Gasteiger partial charge in [-0.3, -0.25) is 4.57 Å². The summed E-state index contributed by atoms with van der Waals surface area (Å²) in [6, 6.07) is 32.3. The van der Waals surface area contributed by atoms with E-state index in [9.17, 15) is 8.42 Å². The van der Waals surface area contributed by atoms with Gasteiger partial charge in [0.25, 0.3) is 0 Å². The number of hydrogen-bond donors (Lipinski definition) is 1. The largest absolute Gasteiger partial charge is 0.272 e. The predicted molar refractivity (Wildman–Crippen MR) is 172 cm³/mol. The van der Waals surface area contributed by atoms with Gasteiger partial charge >= 0.3 is 0 Å². The lowest BCUT2D eigenvalue weighted by Crippen LogP contribution is -2.30. The zero-order chi connectivity index (χ0) is 29.5. The first-order valence-corrected chi connectivity index (χ1v) is 16.4. The van der Waals surface area contributed by atoms with Crippen molar-refractivity contribution in [2.24, 2.45) is 0 Å². The quantitative estimate of drug-likeness (QED) is 0.154. The number of rotatable bonds is 11. The van der Waals surface area contributed by atoms with Crippen LogP contribution < -0.4 is 4.72 Å². The van der Waals surface area contributed by atoms with E-state index in [1.807, 2.05) is 96.4 Å². The summed E-state index contributed by atoms with van der Waals surface area (Å²) in [6.45, 7) is 4.06. The van der Waals surface area contributed by atoms with Gasteiger partial charge in [0.2, 0.25) is 10.0 Å². The van der Waals surface area contributed by atoms with Crippen LogP contribution in [-0.4, -0.2) is 23.2 Å². The summed E-state index contributed by atoms with van der Waals surface area (Å²) in [5.41, 5.74) is 5.85. The molecule has 5 rings (SSSR count). The first kappa shape index (κ1) is 29.8. The molecule has 6 nitrogen and oxygen atoms in total. The Morgan fingerprint density at radius 1 is 0.881 bits per heavy atom. The minimum absolute atomic E-state index is 0.375. The van der Waals surface area contributed by atoms with Crippen LogP contribution in [0.25, 0.3) is 11.8 Å². The molecule has 0 spiro atoms. The fourth-order valence-corrected chi connectivity index (χ4v) is 6.67. The van der Waals surface area contributed by atoms with Gasteiger partial charge in [0.1, 0.15) is 0 Å². The van der Waals surface area contributed by atoms with Crippen molar-refractivity contribution in [2.45, 2.75) is 37.2 Å². The SMILES string of the molecule is Cc1cccc(CSc2nnc(C(Cc3ccccc3)NS(=O)(=O)C=Cc3ccccc3)n2-c2cc(Cl)ccc2C)c1. The minimum atomic E-state index is -3.86. The van der Waals surface area contributed by atoms with Crippen LogP contribution >= 0.6 is 23.4 Å². The number of sulfonamides is 1. The Morgan fingerprint density at radius 3 is 2.33 bits per heavy atom. The van der Waals surface area contributed by atoms with E-state index in [1.54, 1.807) is 17.8 Å². The van der Waals surface area contributed by atoms with Gasteiger partial charge in [-0.1, -0.05) is 120 Å². The molecule has 5 aromatic rings. The Kier molecular flexibility index (Phi) is 9.59. The molecule has 214 valence electrons. The van der Waals surface area contributed by atoms with Crippen LogP contribution in [0.2, 0.25) is 5.02 Å². The third-order valence-corrected chi connectivity index (χ3v) is 9.00. The molecule has 0 aliphatic carbocycles. The maximum Gasteiger partial charge on any atom is 0.234 e. The average Bonchev–Trinajstić information content (AvgIpc) is 3.41. The van der Waals surface area contributed by atoms with Crippen molar-refractivity contribution < 1.29 is 8.42 Å². The number of thioether (sulfide) groups is 1. The zero-order valence-corrected chi connectivity index (χ0v) is 25.7. The number of nitrogens with zero attached hydrogens (tertiary/aromatic N) is 3. The highest BCUT2D eigenvalue weighted by molar-refractivity contribution is 7.98. The lowest BCUT2D eigenvalue weighted by molar-refractivity contribution is 0.544. The second-order valence-corrected chi connectivity index (χ2v) is 13.0. The molecule has 9 heteroatoms. The number of hydrogen-bond acceptors (Lipinski definition) is 5. The molecule has 1 aromatic heterocycles. The lowest BCUT2D eigenvalue weighted by Gasteiger charge is -2.20. The van der Waals surface area contributed by atoms with Gasteiger partial charge in [-0.2, -0.15) is 0 Å². The summed E-state index contributed by atoms with van der Waals surface area (Å²) in [7, 11) is -3.86. The van der Waals surface area contributed by atoms with E-state index < -0.39 is 16.1 Å². The summed E-state index contributed by atoms with van der Waals surface area (Å²) in [5.74, 6) is 1.15. The number of aromatic nitrogens is 3. The number of aryl methyl sites for hydroxylation is 2. The van der Waals surface area contributed by atoms with Crippen molar-refractivity contribution in [1.29, 1.82) is 0 Å². The minimum Gasteiger partial charge on any atom is -0.272 e. The van der Waals surface area contributed by atoms with E-state index in [4.69, 9.17) is 11.6 Å². The molecule has 4 aromatic carbocycles. The Labute approximate surface area is 256 Å². The van der Waals surface area contributed by atoms with Gasteiger partial charge in [-0.25, -0.2) is 13.1 Å². The second-order valence-electron chi connectivity index (χ2n) is 10.0. The molecule has 1 heterocycles. The molecule has 0 saturated carbocycles. The van der Waals surface area contributed by atoms with Crippen molar-refractivity contribution in [3.8, 4) is 5.69 Å². The van der Waals surface area contributed by atoms with E-state index in [0.29, 0.717) is 28.2 Å². The summed E-state index contributed by atoms with van der Waals surface area (Å²) in [4.78, 5) is 0. The van der Waals surface area contributed by atoms with Gasteiger partial charge in [-0.05, 0) is 60.7 Å². The summed E-state index contributed by atoms with van der Waals surface area (Å²) in [6.07, 6.45) is 1.95. The molecule has 0 aliphatic heterocycles. The van der Waals surface area contributed by atoms with Crippen LogP contribution in [0, 0.1) is 13.8 Å². The first-order valence-electron chi connectivity index (χ1n) is 13.5. The predicted octanol–water partition coefficient (Wildman–Crippen LogP) is 7.70. The monoisotopic (exact) mass is 614 g/mol. The fraction of sp³-hybridized carbons (Fsp3) is 0.152. The van der Waals surface area contributed by atoms with Crippen LogP contribution in [0.3, 0.4) is 0 Å². The number of benzene rings is 4. The Bertz CT molecular complexity index is 1790. The smallest absolute Gasteiger partial charge is 0.234 e. The molecule has 42 heavy (non-hydrogen) atoms. The molecular weight excluding hydrogens is 584 g/mol. The molecule has 0 bridgehead atoms. The van der Waals surface area contributed by atoms with Gasteiger partial charge < -0.3 is 0 Å². The van der Waals surface area contributed by atoms with E-state index in [2.05, 4.69) is 40.0 Å². The van der Waals surface area contributed by atoms with Gasteiger partial charge in [-0.15, -0.1) is 10.2 Å². The zero-order valence-electron chi connectivity index (χ0n) is 23.3. The van der Waals surface area contributed by atoms with E-state index in [0.717, 1.165) is 27.9 Å². The normalized spacial score (nSPS) is 12.5. The van der Waals surface area contributed by atoms with Crippen molar-refractivity contribution in [1.82, 2.24) is 19.5 Å². The highest BCUT2D eigenvalue weighted by Gasteiger charge is 2.27. The highest BCUT2D eigenvalue weighted by Crippen LogP contribution is 2.32. The molecule has 0 fully saturated rings. The molecule has 0 aliphatic rings. The van der Waals surface area contributed by atoms with Crippen molar-refractivity contribution in [3.05, 3.63) is 147 Å². The topological polar surface area (TPSA) is 76.9 Å². The molecular formula is C33H31ClN4O2S2. The van der Waals surface area contributed by atoms with Crippen LogP contribution in [0.5, 0.6) is 0 Å². The lowest BCUT2D eigenvalue weighted by atomic mass is 10.1. The molecule has 1 unspecified atom stereocenters. The maximum absolute atomic E-state index is 13.4. The molecule has 0 radical (unpaired) electrons. The van der Waals surface area contributed by atoms with E-state index in [1.165, 1.54) is 11.0 Å². The Hall–Kier alpha value is -3.69. The van der Waals surface area contributed by atoms with Crippen LogP contribution in [0.1, 0.15) is 39.7 Å². The maximum atomic E-state index is 13.4. The van der Waals surface area contributed by atoms with Crippen molar-refractivity contribution >= 4 is 39.5 Å². The van der Waals surface area contributed by atoms with Crippen LogP contribution in [-0.2, 0) is 22.2 Å². The van der Waals surface area contributed by atoms with E-state index >= 15 is 0 Å². The van der Waals surface area contributed by atoms with Crippen LogP contribution in [0.4, 0.5) is 0 Å². The number of nitrogens with one attached hydrogen (secondary N) is 1. The molecule has 1 atom stereocenters. The fourth-order valence-electron chi connectivity index (χ4n) is 4.61. The third kappa shape index (κ3) is 7.77. The third-order valence-electron chi connectivity index (χ3n) is 6.66. The molecule has 0 amide bonds. The van der Waals surface area contributed by atoms with Crippen LogP contribution in [0.15, 0.2) is 114 Å². The van der Waals surface area contributed by atoms with Gasteiger partial charge in [0.05, 0.1) is 11.7 Å². The Balaban J connectivity index is 1.57. The van der Waals surface area contributed by atoms with Crippen molar-refractivity contribution in [3.63, 3.8) is 0 Å². The van der Waals surface area contributed by atoms with Crippen molar-refractivity contribution in [2.75, 3.05) is 0 Å². The summed E-state index contributed by atoms with van der Waals surface area (Å²) in [5, 5.41) is 11.6. The highest BCUT2D eigenvalue weighted by atomic mass is 35.5. The average molecular weight is 615 g/mol. The van der Waals surface area contributed by atoms with E-state index in [-0.39, 0.29) is 0 Å².